The number of ether oxygens (including phenoxy) is 1. The van der Waals surface area contributed by atoms with Crippen molar-refractivity contribution >= 4 is 11.7 Å². The Kier molecular flexibility index (Phi) is 5.44. The van der Waals surface area contributed by atoms with E-state index in [0.29, 0.717) is 23.0 Å². The van der Waals surface area contributed by atoms with Gasteiger partial charge in [-0.25, -0.2) is 4.79 Å². The highest BCUT2D eigenvalue weighted by atomic mass is 16.5. The molecule has 0 amide bonds. The lowest BCUT2D eigenvalue weighted by Crippen LogP contribution is -2.39. The van der Waals surface area contributed by atoms with Gasteiger partial charge >= 0.3 is 5.97 Å². The Morgan fingerprint density at radius 3 is 2.71 bits per heavy atom. The number of hydrogen-bond donors (Lipinski definition) is 2. The Bertz CT molecular complexity index is 482. The first-order valence-electron chi connectivity index (χ1n) is 7.54. The van der Waals surface area contributed by atoms with Gasteiger partial charge in [-0.15, -0.1) is 0 Å². The lowest BCUT2D eigenvalue weighted by molar-refractivity contribution is 0.0698. The third-order valence-corrected chi connectivity index (χ3v) is 3.94. The fourth-order valence-corrected chi connectivity index (χ4v) is 2.79. The van der Waals surface area contributed by atoms with E-state index < -0.39 is 5.97 Å². The van der Waals surface area contributed by atoms with E-state index in [9.17, 15) is 9.90 Å². The Hall–Kier alpha value is -1.75. The van der Waals surface area contributed by atoms with Crippen molar-refractivity contribution in [3.63, 3.8) is 0 Å². The standard InChI is InChI=1S/C16H24N2O3/c1-3-8-18-9-6-12(7-10-18)17-15-11-13(21-2)4-5-14(15)16(19)20/h4-5,11-12,17H,3,6-10H2,1-2H3,(H,19,20). The van der Waals surface area contributed by atoms with Crippen molar-refractivity contribution in [3.8, 4) is 5.75 Å². The fraction of sp³-hybridized carbons (Fsp3) is 0.562. The zero-order chi connectivity index (χ0) is 15.2. The van der Waals surface area contributed by atoms with Crippen molar-refractivity contribution in [1.82, 2.24) is 4.90 Å². The number of hydrogen-bond acceptors (Lipinski definition) is 4. The van der Waals surface area contributed by atoms with Crippen LogP contribution in [0.2, 0.25) is 0 Å². The highest BCUT2D eigenvalue weighted by molar-refractivity contribution is 5.94. The number of carboxylic acids is 1. The van der Waals surface area contributed by atoms with E-state index in [0.717, 1.165) is 32.5 Å². The molecule has 5 heteroatoms. The molecule has 2 N–H and O–H groups in total. The van der Waals surface area contributed by atoms with Gasteiger partial charge in [0, 0.05) is 25.2 Å². The average Bonchev–Trinajstić information content (AvgIpc) is 2.49. The summed E-state index contributed by atoms with van der Waals surface area (Å²) >= 11 is 0. The van der Waals surface area contributed by atoms with Crippen LogP contribution in [0.25, 0.3) is 0 Å². The van der Waals surface area contributed by atoms with Crippen molar-refractivity contribution in [2.45, 2.75) is 32.2 Å². The predicted octanol–water partition coefficient (Wildman–Crippen LogP) is 2.68. The second kappa shape index (κ2) is 7.31. The van der Waals surface area contributed by atoms with Crippen LogP contribution >= 0.6 is 0 Å². The number of nitrogens with zero attached hydrogens (tertiary/aromatic N) is 1. The topological polar surface area (TPSA) is 61.8 Å². The first kappa shape index (κ1) is 15.6. The average molecular weight is 292 g/mol. The zero-order valence-electron chi connectivity index (χ0n) is 12.8. The number of carbonyl (C=O) groups is 1. The molecule has 0 unspecified atom stereocenters. The molecule has 0 atom stereocenters. The summed E-state index contributed by atoms with van der Waals surface area (Å²) in [6, 6.07) is 5.36. The van der Waals surface area contributed by atoms with E-state index in [2.05, 4.69) is 17.1 Å². The molecule has 1 fully saturated rings. The van der Waals surface area contributed by atoms with Crippen LogP contribution in [0.15, 0.2) is 18.2 Å². The van der Waals surface area contributed by atoms with Crippen LogP contribution in [-0.2, 0) is 0 Å². The van der Waals surface area contributed by atoms with Crippen LogP contribution in [0.4, 0.5) is 5.69 Å². The Morgan fingerprint density at radius 2 is 2.14 bits per heavy atom. The van der Waals surface area contributed by atoms with Gasteiger partial charge in [0.1, 0.15) is 5.75 Å². The molecule has 2 rings (SSSR count). The van der Waals surface area contributed by atoms with Crippen molar-refractivity contribution in [1.29, 1.82) is 0 Å². The minimum atomic E-state index is -0.913. The molecule has 1 heterocycles. The van der Waals surface area contributed by atoms with Gasteiger partial charge in [0.05, 0.1) is 18.4 Å². The maximum absolute atomic E-state index is 11.3. The van der Waals surface area contributed by atoms with Gasteiger partial charge in [0.15, 0.2) is 0 Å². The summed E-state index contributed by atoms with van der Waals surface area (Å²) in [6.07, 6.45) is 3.25. The normalized spacial score (nSPS) is 16.7. The smallest absolute Gasteiger partial charge is 0.337 e. The Labute approximate surface area is 125 Å². The number of carboxylic acid groups (broad SMARTS) is 1. The summed E-state index contributed by atoms with van der Waals surface area (Å²) in [4.78, 5) is 13.8. The number of piperidine rings is 1. The zero-order valence-corrected chi connectivity index (χ0v) is 12.8. The molecule has 0 aromatic heterocycles. The molecule has 1 aliphatic rings. The van der Waals surface area contributed by atoms with Gasteiger partial charge < -0.3 is 20.1 Å². The molecular weight excluding hydrogens is 268 g/mol. The van der Waals surface area contributed by atoms with E-state index >= 15 is 0 Å². The minimum absolute atomic E-state index is 0.298. The number of rotatable bonds is 6. The van der Waals surface area contributed by atoms with E-state index in [1.54, 1.807) is 25.3 Å². The molecule has 116 valence electrons. The van der Waals surface area contributed by atoms with E-state index in [4.69, 9.17) is 4.74 Å². The third-order valence-electron chi connectivity index (χ3n) is 3.94. The van der Waals surface area contributed by atoms with Gasteiger partial charge in [0.2, 0.25) is 0 Å². The molecule has 1 saturated heterocycles. The summed E-state index contributed by atoms with van der Waals surface area (Å²) in [5.74, 6) is -0.241. The maximum Gasteiger partial charge on any atom is 0.337 e. The maximum atomic E-state index is 11.3. The molecule has 0 radical (unpaired) electrons. The van der Waals surface area contributed by atoms with E-state index in [-0.39, 0.29) is 0 Å². The minimum Gasteiger partial charge on any atom is -0.497 e. The summed E-state index contributed by atoms with van der Waals surface area (Å²) in [7, 11) is 1.59. The first-order valence-corrected chi connectivity index (χ1v) is 7.54. The van der Waals surface area contributed by atoms with Crippen molar-refractivity contribution in [2.75, 3.05) is 32.1 Å². The van der Waals surface area contributed by atoms with Crippen molar-refractivity contribution in [2.24, 2.45) is 0 Å². The SMILES string of the molecule is CCCN1CCC(Nc2cc(OC)ccc2C(=O)O)CC1. The van der Waals surface area contributed by atoms with Crippen LogP contribution in [0.3, 0.4) is 0 Å². The summed E-state index contributed by atoms with van der Waals surface area (Å²) < 4.78 is 5.19. The molecule has 0 bridgehead atoms. The fourth-order valence-electron chi connectivity index (χ4n) is 2.79. The number of anilines is 1. The predicted molar refractivity (Wildman–Crippen MR) is 83.3 cm³/mol. The summed E-state index contributed by atoms with van der Waals surface area (Å²) in [6.45, 7) is 5.47. The molecular formula is C16H24N2O3. The largest absolute Gasteiger partial charge is 0.497 e. The Balaban J connectivity index is 2.03. The molecule has 1 aromatic carbocycles. The summed E-state index contributed by atoms with van der Waals surface area (Å²) in [5, 5.41) is 12.7. The summed E-state index contributed by atoms with van der Waals surface area (Å²) in [5.41, 5.74) is 0.947. The number of aromatic carboxylic acids is 1. The second-order valence-electron chi connectivity index (χ2n) is 5.48. The lowest BCUT2D eigenvalue weighted by Gasteiger charge is -2.32. The lowest BCUT2D eigenvalue weighted by atomic mass is 10.0. The van der Waals surface area contributed by atoms with Gasteiger partial charge in [-0.2, -0.15) is 0 Å². The number of nitrogens with one attached hydrogen (secondary N) is 1. The molecule has 0 aliphatic carbocycles. The van der Waals surface area contributed by atoms with Gasteiger partial charge in [-0.05, 0) is 37.9 Å². The van der Waals surface area contributed by atoms with Gasteiger partial charge in [-0.3, -0.25) is 0 Å². The molecule has 5 nitrogen and oxygen atoms in total. The second-order valence-corrected chi connectivity index (χ2v) is 5.48. The highest BCUT2D eigenvalue weighted by Gasteiger charge is 2.20. The van der Waals surface area contributed by atoms with E-state index in [1.165, 1.54) is 6.42 Å². The Morgan fingerprint density at radius 1 is 1.43 bits per heavy atom. The molecule has 0 saturated carbocycles. The van der Waals surface area contributed by atoms with Crippen LogP contribution in [0.1, 0.15) is 36.5 Å². The van der Waals surface area contributed by atoms with Crippen molar-refractivity contribution in [3.05, 3.63) is 23.8 Å². The first-order chi connectivity index (χ1) is 10.1. The van der Waals surface area contributed by atoms with Crippen molar-refractivity contribution < 1.29 is 14.6 Å². The van der Waals surface area contributed by atoms with Crippen LogP contribution in [0, 0.1) is 0 Å². The molecule has 1 aromatic rings. The molecule has 21 heavy (non-hydrogen) atoms. The van der Waals surface area contributed by atoms with Gasteiger partial charge in [-0.1, -0.05) is 6.92 Å². The van der Waals surface area contributed by atoms with E-state index in [1.807, 2.05) is 0 Å². The van der Waals surface area contributed by atoms with Crippen LogP contribution in [-0.4, -0.2) is 48.8 Å². The van der Waals surface area contributed by atoms with Crippen LogP contribution < -0.4 is 10.1 Å². The molecule has 1 aliphatic heterocycles. The van der Waals surface area contributed by atoms with Gasteiger partial charge in [0.25, 0.3) is 0 Å². The monoisotopic (exact) mass is 292 g/mol. The number of methoxy groups -OCH3 is 1. The number of benzene rings is 1. The third kappa shape index (κ3) is 4.11. The van der Waals surface area contributed by atoms with Crippen LogP contribution in [0.5, 0.6) is 5.75 Å². The highest BCUT2D eigenvalue weighted by Crippen LogP contribution is 2.25. The quantitative estimate of drug-likeness (QED) is 0.844. The number of likely N-dealkylation sites (tertiary alicyclic amines) is 1. The molecule has 0 spiro atoms.